The Morgan fingerprint density at radius 3 is 1.03 bits per heavy atom. The summed E-state index contributed by atoms with van der Waals surface area (Å²) in [5, 5.41) is 0. The Balaban J connectivity index is 0.000000183. The molecule has 6 saturated heterocycles. The van der Waals surface area contributed by atoms with E-state index in [9.17, 15) is 38.4 Å². The van der Waals surface area contributed by atoms with Gasteiger partial charge in [0.2, 0.25) is 0 Å². The highest BCUT2D eigenvalue weighted by Gasteiger charge is 2.54. The minimum atomic E-state index is -0.782. The first-order valence-corrected chi connectivity index (χ1v) is 27.8. The third-order valence-corrected chi connectivity index (χ3v) is 16.9. The Kier molecular flexibility index (Phi) is 21.4. The molecule has 18 heteroatoms. The average Bonchev–Trinajstić information content (AvgIpc) is 4.22. The molecule has 0 N–H and O–H groups in total. The largest absolute Gasteiger partial charge is 0.458 e. The maximum absolute atomic E-state index is 12.3. The van der Waals surface area contributed by atoms with Crippen LogP contribution in [0.3, 0.4) is 0 Å². The number of carbonyl (C=O) groups excluding carboxylic acids is 8. The molecule has 0 aromatic carbocycles. The lowest BCUT2D eigenvalue weighted by molar-refractivity contribution is -0.188. The van der Waals surface area contributed by atoms with E-state index in [2.05, 4.69) is 0 Å². The van der Waals surface area contributed by atoms with Crippen LogP contribution in [-0.2, 0) is 85.7 Å². The van der Waals surface area contributed by atoms with Crippen LogP contribution < -0.4 is 0 Å². The fraction of sp³-hybridized carbons (Fsp3) is 0.857. The highest BCUT2D eigenvalue weighted by atomic mass is 16.6. The van der Waals surface area contributed by atoms with E-state index in [4.69, 9.17) is 47.4 Å². The lowest BCUT2D eigenvalue weighted by Gasteiger charge is -2.36. The summed E-state index contributed by atoms with van der Waals surface area (Å²) in [5.41, 5.74) is -3.64. The van der Waals surface area contributed by atoms with Gasteiger partial charge in [-0.05, 0) is 130 Å². The van der Waals surface area contributed by atoms with Crippen molar-refractivity contribution >= 4 is 47.8 Å². The van der Waals surface area contributed by atoms with Crippen molar-refractivity contribution in [1.29, 1.82) is 0 Å². The zero-order chi connectivity index (χ0) is 54.5. The molecule has 0 aromatic rings. The molecular formula is C56H88O18. The van der Waals surface area contributed by atoms with Crippen LogP contribution in [0.2, 0.25) is 0 Å². The summed E-state index contributed by atoms with van der Waals surface area (Å²) in [4.78, 5) is 93.7. The quantitative estimate of drug-likeness (QED) is 0.104. The number of hydrogen-bond acceptors (Lipinski definition) is 18. The van der Waals surface area contributed by atoms with Crippen molar-refractivity contribution in [2.75, 3.05) is 26.4 Å². The number of rotatable bonds is 16. The highest BCUT2D eigenvalue weighted by Crippen LogP contribution is 2.44. The Labute approximate surface area is 438 Å². The van der Waals surface area contributed by atoms with E-state index in [1.807, 2.05) is 69.2 Å². The van der Waals surface area contributed by atoms with Gasteiger partial charge in [0.25, 0.3) is 0 Å². The van der Waals surface area contributed by atoms with Gasteiger partial charge in [0.15, 0.2) is 11.2 Å². The van der Waals surface area contributed by atoms with E-state index in [1.165, 1.54) is 0 Å². The van der Waals surface area contributed by atoms with Crippen molar-refractivity contribution in [3.63, 3.8) is 0 Å². The molecule has 420 valence electrons. The Hall–Kier alpha value is -4.32. The number of hydrogen-bond donors (Lipinski definition) is 0. The van der Waals surface area contributed by atoms with Crippen molar-refractivity contribution in [2.45, 2.75) is 257 Å². The monoisotopic (exact) mass is 1050 g/mol. The van der Waals surface area contributed by atoms with Crippen LogP contribution in [0.5, 0.6) is 0 Å². The third-order valence-electron chi connectivity index (χ3n) is 16.9. The molecule has 8 unspecified atom stereocenters. The van der Waals surface area contributed by atoms with E-state index in [-0.39, 0.29) is 84.0 Å². The minimum Gasteiger partial charge on any atom is -0.458 e. The van der Waals surface area contributed by atoms with E-state index < -0.39 is 33.2 Å². The van der Waals surface area contributed by atoms with Gasteiger partial charge >= 0.3 is 47.8 Å². The first-order valence-electron chi connectivity index (χ1n) is 27.8. The summed E-state index contributed by atoms with van der Waals surface area (Å²) >= 11 is 0. The molecule has 0 amide bonds. The molecule has 8 atom stereocenters. The van der Waals surface area contributed by atoms with Gasteiger partial charge in [-0.3, -0.25) is 38.4 Å². The van der Waals surface area contributed by atoms with E-state index in [1.54, 1.807) is 0 Å². The SMILES string of the molecule is CCC(C)(C)C(=O)OC1(C2CCC(=O)O2)CCCC1.CCC(C)(C)C(=O)OC1(C2CCC(=O)O2)CCOC1.CCC(C)C(=O)OC1(C2CCC(=O)O2)CCCC1.CCC(C)C(=O)OC1(C2CCC(=O)O2)CCOC1. The molecule has 18 nitrogen and oxygen atoms in total. The van der Waals surface area contributed by atoms with Crippen molar-refractivity contribution in [3.05, 3.63) is 0 Å². The fourth-order valence-electron chi connectivity index (χ4n) is 10.3. The van der Waals surface area contributed by atoms with Crippen molar-refractivity contribution < 1.29 is 85.7 Å². The summed E-state index contributed by atoms with van der Waals surface area (Å²) in [6.07, 6.45) is 14.7. The van der Waals surface area contributed by atoms with Gasteiger partial charge in [0.05, 0.1) is 49.1 Å². The van der Waals surface area contributed by atoms with E-state index in [0.29, 0.717) is 97.1 Å². The lowest BCUT2D eigenvalue weighted by atomic mass is 9.88. The van der Waals surface area contributed by atoms with Gasteiger partial charge in [-0.25, -0.2) is 0 Å². The van der Waals surface area contributed by atoms with Crippen LogP contribution in [0.1, 0.15) is 210 Å². The van der Waals surface area contributed by atoms with Crippen molar-refractivity contribution in [1.82, 2.24) is 0 Å². The first kappa shape index (κ1) is 60.5. The molecule has 2 aliphatic carbocycles. The summed E-state index contributed by atoms with van der Waals surface area (Å²) in [6.45, 7) is 20.8. The second kappa shape index (κ2) is 26.2. The number of ether oxygens (including phenoxy) is 10. The molecule has 0 bridgehead atoms. The molecule has 0 spiro atoms. The molecule has 8 rings (SSSR count). The molecule has 74 heavy (non-hydrogen) atoms. The highest BCUT2D eigenvalue weighted by molar-refractivity contribution is 5.78. The van der Waals surface area contributed by atoms with Crippen LogP contribution in [0.25, 0.3) is 0 Å². The zero-order valence-corrected chi connectivity index (χ0v) is 46.2. The number of esters is 8. The van der Waals surface area contributed by atoms with Crippen LogP contribution in [-0.4, -0.2) is 121 Å². The molecule has 6 aliphatic heterocycles. The van der Waals surface area contributed by atoms with Crippen LogP contribution in [0.4, 0.5) is 0 Å². The van der Waals surface area contributed by atoms with Gasteiger partial charge in [-0.15, -0.1) is 0 Å². The van der Waals surface area contributed by atoms with Gasteiger partial charge in [-0.2, -0.15) is 0 Å². The van der Waals surface area contributed by atoms with Gasteiger partial charge in [-0.1, -0.05) is 41.5 Å². The summed E-state index contributed by atoms with van der Waals surface area (Å²) in [7, 11) is 0. The zero-order valence-electron chi connectivity index (χ0n) is 46.2. The topological polar surface area (TPSA) is 229 Å². The standard InChI is InChI=1S/C15H24O4.C14H22O5.C14H22O4.C13H20O5/c1-4-14(2,3)13(17)19-15(9-5-6-10-15)11-7-8-12(16)18-11;1-4-13(2,3)12(16)19-14(7-8-17-9-14)10-5-6-11(15)18-10;1-3-10(2)13(16)18-14(8-4-5-9-14)11-6-7-12(15)17-11;1-3-9(2)12(15)18-13(6-7-16-8-13)10-4-5-11(14)17-10/h11H,4-10H2,1-3H3;10H,4-9H2,1-3H3;10-11H,3-9H2,1-2H3;9-10H,3-8H2,1-2H3. The Morgan fingerprint density at radius 2 is 0.757 bits per heavy atom. The molecule has 8 aliphatic rings. The maximum atomic E-state index is 12.3. The second-order valence-electron chi connectivity index (χ2n) is 23.1. The van der Waals surface area contributed by atoms with Crippen LogP contribution in [0.15, 0.2) is 0 Å². The minimum absolute atomic E-state index is 0.0837. The molecular weight excluding hydrogens is 961 g/mol. The molecule has 0 radical (unpaired) electrons. The predicted octanol–water partition coefficient (Wildman–Crippen LogP) is 8.85. The van der Waals surface area contributed by atoms with Gasteiger partial charge in [0, 0.05) is 38.5 Å². The summed E-state index contributed by atoms with van der Waals surface area (Å²) in [6, 6.07) is 0. The summed E-state index contributed by atoms with van der Waals surface area (Å²) in [5.74, 6) is -1.78. The number of carbonyl (C=O) groups is 8. The average molecular weight is 1050 g/mol. The third kappa shape index (κ3) is 15.0. The molecule has 0 aromatic heterocycles. The fourth-order valence-corrected chi connectivity index (χ4v) is 10.3. The predicted molar refractivity (Wildman–Crippen MR) is 267 cm³/mol. The molecule has 8 fully saturated rings. The van der Waals surface area contributed by atoms with Crippen molar-refractivity contribution in [2.24, 2.45) is 22.7 Å². The maximum Gasteiger partial charge on any atom is 0.312 e. The van der Waals surface area contributed by atoms with Crippen LogP contribution >= 0.6 is 0 Å². The smallest absolute Gasteiger partial charge is 0.312 e. The lowest BCUT2D eigenvalue weighted by Crippen LogP contribution is -2.49. The normalized spacial score (nSPS) is 29.6. The second-order valence-corrected chi connectivity index (χ2v) is 23.1. The van der Waals surface area contributed by atoms with E-state index >= 15 is 0 Å². The van der Waals surface area contributed by atoms with Crippen LogP contribution in [0, 0.1) is 22.7 Å². The van der Waals surface area contributed by atoms with Crippen molar-refractivity contribution in [3.8, 4) is 0 Å². The van der Waals surface area contributed by atoms with E-state index in [0.717, 1.165) is 70.6 Å². The number of cyclic esters (lactones) is 4. The first-order chi connectivity index (χ1) is 34.9. The summed E-state index contributed by atoms with van der Waals surface area (Å²) < 4.78 is 55.1. The molecule has 6 heterocycles. The van der Waals surface area contributed by atoms with Gasteiger partial charge in [0.1, 0.15) is 35.6 Å². The molecule has 2 saturated carbocycles. The van der Waals surface area contributed by atoms with Gasteiger partial charge < -0.3 is 47.4 Å². The Bertz CT molecular complexity index is 1810. The Morgan fingerprint density at radius 1 is 0.473 bits per heavy atom.